The highest BCUT2D eigenvalue weighted by Gasteiger charge is 2.23. The predicted molar refractivity (Wildman–Crippen MR) is 46.9 cm³/mol. The molecule has 0 amide bonds. The topological polar surface area (TPSA) is 35.5 Å². The number of hydrogen-bond donors (Lipinski definition) is 0. The second-order valence-corrected chi connectivity index (χ2v) is 3.89. The molecule has 0 aromatic carbocycles. The molecule has 0 rings (SSSR count). The van der Waals surface area contributed by atoms with Crippen molar-refractivity contribution < 1.29 is 14.3 Å². The summed E-state index contributed by atoms with van der Waals surface area (Å²) in [5.74, 6) is -0.189. The zero-order valence-corrected chi connectivity index (χ0v) is 8.51. The molecule has 0 aliphatic heterocycles. The van der Waals surface area contributed by atoms with Gasteiger partial charge in [0.2, 0.25) is 0 Å². The Bertz CT molecular complexity index is 146. The summed E-state index contributed by atoms with van der Waals surface area (Å²) in [6.07, 6.45) is -0.0312. The van der Waals surface area contributed by atoms with Crippen molar-refractivity contribution in [3.05, 3.63) is 0 Å². The highest BCUT2D eigenvalue weighted by Crippen LogP contribution is 2.15. The number of esters is 1. The molecule has 0 bridgehead atoms. The van der Waals surface area contributed by atoms with Gasteiger partial charge in [-0.1, -0.05) is 0 Å². The third kappa shape index (κ3) is 4.34. The van der Waals surface area contributed by atoms with Gasteiger partial charge in [-0.05, 0) is 27.7 Å². The molecule has 0 fully saturated rings. The average molecular weight is 174 g/mol. The zero-order chi connectivity index (χ0) is 9.78. The third-order valence-electron chi connectivity index (χ3n) is 1.46. The molecule has 1 unspecified atom stereocenters. The second kappa shape index (κ2) is 4.45. The van der Waals surface area contributed by atoms with E-state index in [2.05, 4.69) is 0 Å². The molecule has 0 saturated heterocycles. The van der Waals surface area contributed by atoms with Crippen LogP contribution in [0.4, 0.5) is 0 Å². The van der Waals surface area contributed by atoms with Crippen molar-refractivity contribution in [3.8, 4) is 0 Å². The van der Waals surface area contributed by atoms with Crippen molar-refractivity contribution in [3.63, 3.8) is 0 Å². The molecular weight excluding hydrogens is 156 g/mol. The summed E-state index contributed by atoms with van der Waals surface area (Å²) >= 11 is 0. The Morgan fingerprint density at radius 3 is 2.25 bits per heavy atom. The van der Waals surface area contributed by atoms with Gasteiger partial charge in [-0.25, -0.2) is 0 Å². The fraction of sp³-hybridized carbons (Fsp3) is 0.889. The van der Waals surface area contributed by atoms with Crippen LogP contribution in [0, 0.1) is 5.41 Å². The molecule has 1 atom stereocenters. The predicted octanol–water partition coefficient (Wildman–Crippen LogP) is 1.61. The Balaban J connectivity index is 3.73. The monoisotopic (exact) mass is 174 g/mol. The van der Waals surface area contributed by atoms with E-state index in [0.717, 1.165) is 0 Å². The highest BCUT2D eigenvalue weighted by atomic mass is 16.6. The van der Waals surface area contributed by atoms with Crippen LogP contribution in [0.15, 0.2) is 0 Å². The van der Waals surface area contributed by atoms with Crippen LogP contribution in [0.2, 0.25) is 0 Å². The molecule has 0 aliphatic rings. The molecule has 72 valence electrons. The standard InChI is InChI=1S/C9H18O3/c1-7(11-5)6-12-8(10)9(2,3)4/h7H,6H2,1-5H3. The quantitative estimate of drug-likeness (QED) is 0.610. The van der Waals surface area contributed by atoms with Crippen LogP contribution in [-0.4, -0.2) is 25.8 Å². The lowest BCUT2D eigenvalue weighted by atomic mass is 9.97. The maximum absolute atomic E-state index is 11.2. The maximum atomic E-state index is 11.2. The van der Waals surface area contributed by atoms with E-state index < -0.39 is 5.41 Å². The van der Waals surface area contributed by atoms with E-state index in [1.54, 1.807) is 7.11 Å². The van der Waals surface area contributed by atoms with Crippen LogP contribution in [-0.2, 0) is 14.3 Å². The van der Waals surface area contributed by atoms with Crippen LogP contribution in [0.25, 0.3) is 0 Å². The van der Waals surface area contributed by atoms with Crippen LogP contribution >= 0.6 is 0 Å². The van der Waals surface area contributed by atoms with E-state index in [1.807, 2.05) is 27.7 Å². The van der Waals surface area contributed by atoms with Crippen molar-refractivity contribution in [2.75, 3.05) is 13.7 Å². The lowest BCUT2D eigenvalue weighted by Gasteiger charge is -2.18. The molecule has 0 heterocycles. The summed E-state index contributed by atoms with van der Waals surface area (Å²) in [5, 5.41) is 0. The first-order valence-electron chi connectivity index (χ1n) is 4.08. The molecule has 0 saturated carbocycles. The van der Waals surface area contributed by atoms with Gasteiger partial charge in [0.25, 0.3) is 0 Å². The summed E-state index contributed by atoms with van der Waals surface area (Å²) in [6, 6.07) is 0. The van der Waals surface area contributed by atoms with Crippen LogP contribution in [0.5, 0.6) is 0 Å². The van der Waals surface area contributed by atoms with Crippen molar-refractivity contribution in [1.82, 2.24) is 0 Å². The molecule has 3 heteroatoms. The number of ether oxygens (including phenoxy) is 2. The van der Waals surface area contributed by atoms with E-state index in [9.17, 15) is 4.79 Å². The molecule has 0 aliphatic carbocycles. The first-order chi connectivity index (χ1) is 5.38. The van der Waals surface area contributed by atoms with Crippen LogP contribution in [0.3, 0.4) is 0 Å². The molecule has 0 N–H and O–H groups in total. The Labute approximate surface area is 74.0 Å². The van der Waals surface area contributed by atoms with Gasteiger partial charge in [0.05, 0.1) is 11.5 Å². The van der Waals surface area contributed by atoms with E-state index in [4.69, 9.17) is 9.47 Å². The summed E-state index contributed by atoms with van der Waals surface area (Å²) in [4.78, 5) is 11.2. The molecule has 0 aromatic heterocycles. The van der Waals surface area contributed by atoms with Crippen molar-refractivity contribution >= 4 is 5.97 Å². The normalized spacial score (nSPS) is 14.1. The second-order valence-electron chi connectivity index (χ2n) is 3.89. The minimum absolute atomic E-state index is 0.0312. The minimum atomic E-state index is -0.423. The maximum Gasteiger partial charge on any atom is 0.311 e. The van der Waals surface area contributed by atoms with Gasteiger partial charge in [-0.15, -0.1) is 0 Å². The number of hydrogen-bond acceptors (Lipinski definition) is 3. The van der Waals surface area contributed by atoms with E-state index in [-0.39, 0.29) is 12.1 Å². The number of rotatable bonds is 3. The zero-order valence-electron chi connectivity index (χ0n) is 8.51. The molecule has 0 radical (unpaired) electrons. The van der Waals surface area contributed by atoms with E-state index in [1.165, 1.54) is 0 Å². The SMILES string of the molecule is COC(C)COC(=O)C(C)(C)C. The van der Waals surface area contributed by atoms with Gasteiger partial charge in [-0.2, -0.15) is 0 Å². The summed E-state index contributed by atoms with van der Waals surface area (Å²) in [7, 11) is 1.59. The number of methoxy groups -OCH3 is 1. The summed E-state index contributed by atoms with van der Waals surface area (Å²) in [5.41, 5.74) is -0.423. The third-order valence-corrected chi connectivity index (χ3v) is 1.46. The van der Waals surface area contributed by atoms with Crippen molar-refractivity contribution in [2.24, 2.45) is 5.41 Å². The van der Waals surface area contributed by atoms with Gasteiger partial charge in [0.15, 0.2) is 0 Å². The number of carbonyl (C=O) groups excluding carboxylic acids is 1. The van der Waals surface area contributed by atoms with Crippen LogP contribution < -0.4 is 0 Å². The molecule has 3 nitrogen and oxygen atoms in total. The van der Waals surface area contributed by atoms with Crippen molar-refractivity contribution in [2.45, 2.75) is 33.8 Å². The van der Waals surface area contributed by atoms with E-state index in [0.29, 0.717) is 6.61 Å². The Morgan fingerprint density at radius 1 is 1.42 bits per heavy atom. The molecule has 0 aromatic rings. The Kier molecular flexibility index (Phi) is 4.24. The fourth-order valence-electron chi connectivity index (χ4n) is 0.478. The van der Waals surface area contributed by atoms with Crippen LogP contribution in [0.1, 0.15) is 27.7 Å². The molecular formula is C9H18O3. The Morgan fingerprint density at radius 2 is 1.92 bits per heavy atom. The highest BCUT2D eigenvalue weighted by molar-refractivity contribution is 5.75. The van der Waals surface area contributed by atoms with Gasteiger partial charge < -0.3 is 9.47 Å². The van der Waals surface area contributed by atoms with Gasteiger partial charge in [-0.3, -0.25) is 4.79 Å². The fourth-order valence-corrected chi connectivity index (χ4v) is 0.478. The number of carbonyl (C=O) groups is 1. The average Bonchev–Trinajstić information content (AvgIpc) is 1.97. The largest absolute Gasteiger partial charge is 0.463 e. The Hall–Kier alpha value is -0.570. The molecule has 0 spiro atoms. The lowest BCUT2D eigenvalue weighted by Crippen LogP contribution is -2.26. The first kappa shape index (κ1) is 11.4. The van der Waals surface area contributed by atoms with Gasteiger partial charge in [0, 0.05) is 7.11 Å². The molecule has 12 heavy (non-hydrogen) atoms. The lowest BCUT2D eigenvalue weighted by molar-refractivity contribution is -0.156. The van der Waals surface area contributed by atoms with Crippen molar-refractivity contribution in [1.29, 1.82) is 0 Å². The minimum Gasteiger partial charge on any atom is -0.463 e. The van der Waals surface area contributed by atoms with E-state index >= 15 is 0 Å². The summed E-state index contributed by atoms with van der Waals surface area (Å²) < 4.78 is 9.93. The summed E-state index contributed by atoms with van der Waals surface area (Å²) in [6.45, 7) is 7.66. The van der Waals surface area contributed by atoms with Gasteiger partial charge in [0.1, 0.15) is 6.61 Å². The first-order valence-corrected chi connectivity index (χ1v) is 4.08. The smallest absolute Gasteiger partial charge is 0.311 e. The van der Waals surface area contributed by atoms with Gasteiger partial charge >= 0.3 is 5.97 Å².